The molecule has 3 aromatic rings. The van der Waals surface area contributed by atoms with Gasteiger partial charge in [-0.15, -0.1) is 0 Å². The fourth-order valence-electron chi connectivity index (χ4n) is 3.06. The molecule has 30 heavy (non-hydrogen) atoms. The zero-order chi connectivity index (χ0) is 21.5. The first kappa shape index (κ1) is 21.3. The summed E-state index contributed by atoms with van der Waals surface area (Å²) < 4.78 is 5.09. The SMILES string of the molecule is O=C(NCCC(O)C(O)c1ccc2cc(C(=O)O)ccc2c1)OCc1ccccc1. The molecular weight excluding hydrogens is 386 g/mol. The van der Waals surface area contributed by atoms with Crippen LogP contribution >= 0.6 is 0 Å². The van der Waals surface area contributed by atoms with Crippen LogP contribution in [0, 0.1) is 0 Å². The number of carbonyl (C=O) groups is 2. The maximum absolute atomic E-state index is 11.7. The molecule has 0 aliphatic carbocycles. The van der Waals surface area contributed by atoms with E-state index in [2.05, 4.69) is 5.32 Å². The average Bonchev–Trinajstić information content (AvgIpc) is 2.77. The van der Waals surface area contributed by atoms with Crippen LogP contribution in [0.25, 0.3) is 10.8 Å². The first-order valence-corrected chi connectivity index (χ1v) is 9.52. The van der Waals surface area contributed by atoms with E-state index in [1.165, 1.54) is 6.07 Å². The summed E-state index contributed by atoms with van der Waals surface area (Å²) in [4.78, 5) is 22.8. The smallest absolute Gasteiger partial charge is 0.407 e. The lowest BCUT2D eigenvalue weighted by Gasteiger charge is -2.19. The number of rotatable bonds is 8. The number of hydrogen-bond acceptors (Lipinski definition) is 5. The maximum atomic E-state index is 11.7. The molecule has 0 spiro atoms. The number of carboxylic acid groups (broad SMARTS) is 1. The minimum Gasteiger partial charge on any atom is -0.478 e. The molecule has 0 radical (unpaired) electrons. The number of aliphatic hydroxyl groups excluding tert-OH is 2. The predicted molar refractivity (Wildman–Crippen MR) is 111 cm³/mol. The molecule has 0 aliphatic rings. The molecule has 0 aliphatic heterocycles. The Morgan fingerprint density at radius 1 is 0.933 bits per heavy atom. The van der Waals surface area contributed by atoms with E-state index in [0.717, 1.165) is 16.3 Å². The topological polar surface area (TPSA) is 116 Å². The van der Waals surface area contributed by atoms with Crippen molar-refractivity contribution in [2.45, 2.75) is 25.2 Å². The summed E-state index contributed by atoms with van der Waals surface area (Å²) in [7, 11) is 0. The molecule has 2 unspecified atom stereocenters. The van der Waals surface area contributed by atoms with Crippen molar-refractivity contribution in [1.29, 1.82) is 0 Å². The van der Waals surface area contributed by atoms with Crippen LogP contribution in [0.4, 0.5) is 4.79 Å². The lowest BCUT2D eigenvalue weighted by atomic mass is 9.98. The second-order valence-corrected chi connectivity index (χ2v) is 6.92. The van der Waals surface area contributed by atoms with E-state index in [4.69, 9.17) is 9.84 Å². The monoisotopic (exact) mass is 409 g/mol. The van der Waals surface area contributed by atoms with Crippen LogP contribution < -0.4 is 5.32 Å². The van der Waals surface area contributed by atoms with Crippen LogP contribution in [0.2, 0.25) is 0 Å². The van der Waals surface area contributed by atoms with Gasteiger partial charge in [-0.2, -0.15) is 0 Å². The Bertz CT molecular complexity index is 1020. The molecule has 7 heteroatoms. The van der Waals surface area contributed by atoms with Gasteiger partial charge in [0.05, 0.1) is 11.7 Å². The first-order valence-electron chi connectivity index (χ1n) is 9.52. The third kappa shape index (κ3) is 5.56. The van der Waals surface area contributed by atoms with Gasteiger partial charge in [0, 0.05) is 6.54 Å². The summed E-state index contributed by atoms with van der Waals surface area (Å²) in [5.41, 5.74) is 1.56. The summed E-state index contributed by atoms with van der Waals surface area (Å²) >= 11 is 0. The molecular formula is C23H23NO6. The molecule has 7 nitrogen and oxygen atoms in total. The number of hydrogen-bond donors (Lipinski definition) is 4. The zero-order valence-electron chi connectivity index (χ0n) is 16.2. The Hall–Kier alpha value is -3.42. The highest BCUT2D eigenvalue weighted by atomic mass is 16.5. The van der Waals surface area contributed by atoms with Crippen molar-refractivity contribution >= 4 is 22.8 Å². The third-order valence-corrected chi connectivity index (χ3v) is 4.74. The van der Waals surface area contributed by atoms with Crippen molar-refractivity contribution in [3.63, 3.8) is 0 Å². The fraction of sp³-hybridized carbons (Fsp3) is 0.217. The van der Waals surface area contributed by atoms with Crippen LogP contribution in [-0.4, -0.2) is 40.0 Å². The lowest BCUT2D eigenvalue weighted by Crippen LogP contribution is -2.29. The van der Waals surface area contributed by atoms with Crippen LogP contribution in [0.15, 0.2) is 66.7 Å². The number of carboxylic acids is 1. The van der Waals surface area contributed by atoms with Gasteiger partial charge in [0.1, 0.15) is 12.7 Å². The summed E-state index contributed by atoms with van der Waals surface area (Å²) in [6, 6.07) is 19.0. The van der Waals surface area contributed by atoms with Gasteiger partial charge in [-0.05, 0) is 46.5 Å². The second-order valence-electron chi connectivity index (χ2n) is 6.92. The summed E-state index contributed by atoms with van der Waals surface area (Å²) in [5, 5.41) is 33.8. The molecule has 0 saturated heterocycles. The van der Waals surface area contributed by atoms with Crippen LogP contribution in [0.5, 0.6) is 0 Å². The largest absolute Gasteiger partial charge is 0.478 e. The number of aliphatic hydroxyl groups is 2. The Labute approximate surface area is 173 Å². The number of benzene rings is 3. The van der Waals surface area contributed by atoms with Gasteiger partial charge >= 0.3 is 12.1 Å². The summed E-state index contributed by atoms with van der Waals surface area (Å²) in [6.45, 7) is 0.292. The van der Waals surface area contributed by atoms with E-state index in [0.29, 0.717) is 5.56 Å². The molecule has 0 fully saturated rings. The van der Waals surface area contributed by atoms with Gasteiger partial charge in [-0.1, -0.05) is 48.5 Å². The van der Waals surface area contributed by atoms with E-state index < -0.39 is 24.3 Å². The normalized spacial score (nSPS) is 12.9. The lowest BCUT2D eigenvalue weighted by molar-refractivity contribution is 0.0137. The first-order chi connectivity index (χ1) is 14.4. The predicted octanol–water partition coefficient (Wildman–Crippen LogP) is 3.25. The number of alkyl carbamates (subject to hydrolysis) is 1. The van der Waals surface area contributed by atoms with Crippen molar-refractivity contribution in [1.82, 2.24) is 5.32 Å². The van der Waals surface area contributed by atoms with Gasteiger partial charge in [0.15, 0.2) is 0 Å². The van der Waals surface area contributed by atoms with E-state index >= 15 is 0 Å². The average molecular weight is 409 g/mol. The highest BCUT2D eigenvalue weighted by Gasteiger charge is 2.19. The van der Waals surface area contributed by atoms with Crippen LogP contribution in [-0.2, 0) is 11.3 Å². The van der Waals surface area contributed by atoms with Crippen molar-refractivity contribution in [2.24, 2.45) is 0 Å². The van der Waals surface area contributed by atoms with Crippen molar-refractivity contribution in [3.05, 3.63) is 83.4 Å². The quantitative estimate of drug-likeness (QED) is 0.454. The van der Waals surface area contributed by atoms with E-state index in [-0.39, 0.29) is 25.1 Å². The number of fused-ring (bicyclic) bond motifs is 1. The Morgan fingerprint density at radius 2 is 1.63 bits per heavy atom. The van der Waals surface area contributed by atoms with E-state index in [1.807, 2.05) is 30.3 Å². The number of nitrogens with one attached hydrogen (secondary N) is 1. The third-order valence-electron chi connectivity index (χ3n) is 4.74. The fourth-order valence-corrected chi connectivity index (χ4v) is 3.06. The van der Waals surface area contributed by atoms with Crippen LogP contribution in [0.1, 0.15) is 34.0 Å². The molecule has 4 N–H and O–H groups in total. The minimum absolute atomic E-state index is 0.137. The van der Waals surface area contributed by atoms with Crippen LogP contribution in [0.3, 0.4) is 0 Å². The Balaban J connectivity index is 1.50. The van der Waals surface area contributed by atoms with Crippen molar-refractivity contribution in [3.8, 4) is 0 Å². The molecule has 3 aromatic carbocycles. The van der Waals surface area contributed by atoms with Gasteiger partial charge in [-0.25, -0.2) is 9.59 Å². The standard InChI is InChI=1S/C23H23NO6/c25-20(10-11-24-23(29)30-14-15-4-2-1-3-5-15)21(26)18-8-6-17-13-19(22(27)28)9-7-16(17)12-18/h1-9,12-13,20-21,25-26H,10-11,14H2,(H,24,29)(H,27,28). The van der Waals surface area contributed by atoms with Crippen molar-refractivity contribution in [2.75, 3.05) is 6.54 Å². The molecule has 0 aromatic heterocycles. The molecule has 156 valence electrons. The summed E-state index contributed by atoms with van der Waals surface area (Å²) in [5.74, 6) is -1.01. The highest BCUT2D eigenvalue weighted by Crippen LogP contribution is 2.24. The number of carbonyl (C=O) groups excluding carboxylic acids is 1. The molecule has 1 amide bonds. The van der Waals surface area contributed by atoms with Gasteiger partial charge in [0.25, 0.3) is 0 Å². The van der Waals surface area contributed by atoms with E-state index in [1.54, 1.807) is 30.3 Å². The van der Waals surface area contributed by atoms with Gasteiger partial charge in [0.2, 0.25) is 0 Å². The van der Waals surface area contributed by atoms with Gasteiger partial charge in [-0.3, -0.25) is 0 Å². The molecule has 0 heterocycles. The van der Waals surface area contributed by atoms with Gasteiger partial charge < -0.3 is 25.4 Å². The maximum Gasteiger partial charge on any atom is 0.407 e. The number of aromatic carboxylic acids is 1. The molecule has 2 atom stereocenters. The Morgan fingerprint density at radius 3 is 2.37 bits per heavy atom. The molecule has 3 rings (SSSR count). The summed E-state index contributed by atoms with van der Waals surface area (Å²) in [6.07, 6.45) is -2.69. The minimum atomic E-state index is -1.14. The van der Waals surface area contributed by atoms with Crippen molar-refractivity contribution < 1.29 is 29.6 Å². The number of ether oxygens (including phenoxy) is 1. The number of amides is 1. The second kappa shape index (κ2) is 9.87. The van der Waals surface area contributed by atoms with E-state index in [9.17, 15) is 19.8 Å². The molecule has 0 bridgehead atoms. The highest BCUT2D eigenvalue weighted by molar-refractivity contribution is 5.94. The molecule has 0 saturated carbocycles. The zero-order valence-corrected chi connectivity index (χ0v) is 16.2. The Kier molecular flexibility index (Phi) is 7.00.